The first kappa shape index (κ1) is 15.9. The number of carboxylic acid groups (broad SMARTS) is 1. The van der Waals surface area contributed by atoms with Gasteiger partial charge in [0.2, 0.25) is 5.91 Å². The summed E-state index contributed by atoms with van der Waals surface area (Å²) in [5.41, 5.74) is 0. The van der Waals surface area contributed by atoms with E-state index in [0.717, 1.165) is 26.1 Å². The van der Waals surface area contributed by atoms with Crippen molar-refractivity contribution in [3.63, 3.8) is 0 Å². The Kier molecular flexibility index (Phi) is 6.24. The molecule has 1 rings (SSSR count). The van der Waals surface area contributed by atoms with Gasteiger partial charge in [-0.3, -0.25) is 19.4 Å². The molecule has 0 bridgehead atoms. The van der Waals surface area contributed by atoms with Gasteiger partial charge in [-0.1, -0.05) is 0 Å². The Morgan fingerprint density at radius 3 is 2.11 bits per heavy atom. The Morgan fingerprint density at radius 2 is 1.63 bits per heavy atom. The molecule has 0 aliphatic carbocycles. The van der Waals surface area contributed by atoms with E-state index in [4.69, 9.17) is 5.11 Å². The summed E-state index contributed by atoms with van der Waals surface area (Å²) in [4.78, 5) is 28.5. The Hall–Kier alpha value is -1.14. The topological polar surface area (TPSA) is 64.1 Å². The molecule has 6 nitrogen and oxygen atoms in total. The van der Waals surface area contributed by atoms with Crippen molar-refractivity contribution in [3.05, 3.63) is 0 Å². The van der Waals surface area contributed by atoms with Crippen LogP contribution in [0.1, 0.15) is 20.3 Å². The highest BCUT2D eigenvalue weighted by Crippen LogP contribution is 2.04. The van der Waals surface area contributed by atoms with Crippen LogP contribution in [0.2, 0.25) is 0 Å². The lowest BCUT2D eigenvalue weighted by molar-refractivity contribution is -0.138. The maximum atomic E-state index is 12.0. The molecule has 1 saturated heterocycles. The third kappa shape index (κ3) is 5.57. The third-order valence-corrected chi connectivity index (χ3v) is 3.57. The highest BCUT2D eigenvalue weighted by Gasteiger charge is 2.20. The molecule has 0 atom stereocenters. The molecular weight excluding hydrogens is 246 g/mol. The summed E-state index contributed by atoms with van der Waals surface area (Å²) in [6, 6.07) is 0.211. The zero-order valence-corrected chi connectivity index (χ0v) is 12.1. The van der Waals surface area contributed by atoms with Gasteiger partial charge < -0.3 is 10.0 Å². The van der Waals surface area contributed by atoms with Crippen LogP contribution in [0.15, 0.2) is 0 Å². The first-order valence-electron chi connectivity index (χ1n) is 6.82. The van der Waals surface area contributed by atoms with E-state index in [2.05, 4.69) is 4.90 Å². The minimum atomic E-state index is -0.788. The van der Waals surface area contributed by atoms with Crippen molar-refractivity contribution in [2.24, 2.45) is 0 Å². The van der Waals surface area contributed by atoms with Gasteiger partial charge in [-0.15, -0.1) is 0 Å². The molecule has 1 heterocycles. The minimum Gasteiger partial charge on any atom is -0.480 e. The van der Waals surface area contributed by atoms with Gasteiger partial charge in [0.1, 0.15) is 0 Å². The molecule has 0 radical (unpaired) electrons. The van der Waals surface area contributed by atoms with Crippen molar-refractivity contribution in [3.8, 4) is 0 Å². The lowest BCUT2D eigenvalue weighted by Gasteiger charge is -2.26. The van der Waals surface area contributed by atoms with Crippen molar-refractivity contribution in [2.45, 2.75) is 26.3 Å². The highest BCUT2D eigenvalue weighted by atomic mass is 16.4. The van der Waals surface area contributed by atoms with Gasteiger partial charge in [0.25, 0.3) is 0 Å². The first-order chi connectivity index (χ1) is 8.90. The fourth-order valence-corrected chi connectivity index (χ4v) is 2.12. The summed E-state index contributed by atoms with van der Waals surface area (Å²) >= 11 is 0. The van der Waals surface area contributed by atoms with Crippen molar-refractivity contribution >= 4 is 11.9 Å². The van der Waals surface area contributed by atoms with Crippen LogP contribution in [0.25, 0.3) is 0 Å². The van der Waals surface area contributed by atoms with Crippen LogP contribution < -0.4 is 0 Å². The quantitative estimate of drug-likeness (QED) is 0.759. The normalized spacial score (nSPS) is 18.3. The van der Waals surface area contributed by atoms with Crippen LogP contribution >= 0.6 is 0 Å². The van der Waals surface area contributed by atoms with E-state index >= 15 is 0 Å². The number of hydrogen-bond acceptors (Lipinski definition) is 4. The van der Waals surface area contributed by atoms with Gasteiger partial charge in [-0.25, -0.2) is 0 Å². The monoisotopic (exact) mass is 271 g/mol. The number of likely N-dealkylation sites (N-methyl/N-ethyl adjacent to an activating group) is 1. The molecular formula is C13H25N3O3. The Bertz CT molecular complexity index is 320. The Morgan fingerprint density at radius 1 is 1.11 bits per heavy atom. The van der Waals surface area contributed by atoms with Crippen molar-refractivity contribution in [2.75, 3.05) is 46.3 Å². The van der Waals surface area contributed by atoms with E-state index in [1.165, 1.54) is 0 Å². The molecule has 1 N–H and O–H groups in total. The van der Waals surface area contributed by atoms with Crippen molar-refractivity contribution < 1.29 is 14.7 Å². The lowest BCUT2D eigenvalue weighted by Crippen LogP contribution is -2.42. The standard InChI is InChI=1S/C13H25N3O3/c1-11(2)14(3)12(17)9-15-5-4-6-16(8-7-15)10-13(18)19/h11H,4-10H2,1-3H3,(H,18,19). The fraction of sp³-hybridized carbons (Fsp3) is 0.846. The largest absolute Gasteiger partial charge is 0.480 e. The minimum absolute atomic E-state index is 0.0910. The lowest BCUT2D eigenvalue weighted by atomic mass is 10.3. The fourth-order valence-electron chi connectivity index (χ4n) is 2.12. The second-order valence-corrected chi connectivity index (χ2v) is 5.40. The first-order valence-corrected chi connectivity index (χ1v) is 6.82. The van der Waals surface area contributed by atoms with Crippen LogP contribution in [0, 0.1) is 0 Å². The van der Waals surface area contributed by atoms with E-state index in [1.807, 2.05) is 25.8 Å². The van der Waals surface area contributed by atoms with Crippen molar-refractivity contribution in [1.29, 1.82) is 0 Å². The summed E-state index contributed by atoms with van der Waals surface area (Å²) in [6.45, 7) is 7.62. The third-order valence-electron chi connectivity index (χ3n) is 3.57. The molecule has 0 aromatic heterocycles. The molecule has 1 fully saturated rings. The average molecular weight is 271 g/mol. The number of carbonyl (C=O) groups excluding carboxylic acids is 1. The summed E-state index contributed by atoms with van der Waals surface area (Å²) in [5.74, 6) is -0.661. The van der Waals surface area contributed by atoms with Gasteiger partial charge in [0.05, 0.1) is 13.1 Å². The number of rotatable bonds is 5. The van der Waals surface area contributed by atoms with Gasteiger partial charge in [0.15, 0.2) is 0 Å². The van der Waals surface area contributed by atoms with Crippen LogP contribution in [0.5, 0.6) is 0 Å². The molecule has 0 aromatic carbocycles. The summed E-state index contributed by atoms with van der Waals surface area (Å²) in [7, 11) is 1.82. The maximum Gasteiger partial charge on any atom is 0.317 e. The van der Waals surface area contributed by atoms with Crippen LogP contribution in [0.4, 0.5) is 0 Å². The van der Waals surface area contributed by atoms with Crippen LogP contribution in [-0.4, -0.2) is 84.0 Å². The molecule has 1 aliphatic rings. The predicted molar refractivity (Wildman–Crippen MR) is 73.0 cm³/mol. The molecule has 0 spiro atoms. The Balaban J connectivity index is 2.40. The molecule has 19 heavy (non-hydrogen) atoms. The maximum absolute atomic E-state index is 12.0. The molecule has 1 amide bonds. The van der Waals surface area contributed by atoms with Gasteiger partial charge >= 0.3 is 5.97 Å². The van der Waals surface area contributed by atoms with Gasteiger partial charge in [-0.05, 0) is 26.8 Å². The molecule has 6 heteroatoms. The highest BCUT2D eigenvalue weighted by molar-refractivity contribution is 5.78. The second kappa shape index (κ2) is 7.45. The average Bonchev–Trinajstić information content (AvgIpc) is 2.53. The zero-order chi connectivity index (χ0) is 14.4. The molecule has 1 aliphatic heterocycles. The van der Waals surface area contributed by atoms with E-state index < -0.39 is 5.97 Å². The number of hydrogen-bond donors (Lipinski definition) is 1. The van der Waals surface area contributed by atoms with Crippen molar-refractivity contribution in [1.82, 2.24) is 14.7 Å². The summed E-state index contributed by atoms with van der Waals surface area (Å²) in [6.07, 6.45) is 0.909. The number of amides is 1. The number of carboxylic acids is 1. The van der Waals surface area contributed by atoms with Gasteiger partial charge in [0, 0.05) is 32.7 Å². The second-order valence-electron chi connectivity index (χ2n) is 5.40. The predicted octanol–water partition coefficient (Wildman–Crippen LogP) is -0.0545. The zero-order valence-electron chi connectivity index (χ0n) is 12.1. The summed E-state index contributed by atoms with van der Waals surface area (Å²) < 4.78 is 0. The smallest absolute Gasteiger partial charge is 0.317 e. The molecule has 0 aromatic rings. The Labute approximate surface area is 115 Å². The van der Waals surface area contributed by atoms with E-state index in [9.17, 15) is 9.59 Å². The SMILES string of the molecule is CC(C)N(C)C(=O)CN1CCCN(CC(=O)O)CC1. The van der Waals surface area contributed by atoms with Gasteiger partial charge in [-0.2, -0.15) is 0 Å². The van der Waals surface area contributed by atoms with E-state index in [1.54, 1.807) is 4.90 Å². The van der Waals surface area contributed by atoms with Crippen LogP contribution in [-0.2, 0) is 9.59 Å². The molecule has 0 unspecified atom stereocenters. The number of carbonyl (C=O) groups is 2. The number of nitrogens with zero attached hydrogens (tertiary/aromatic N) is 3. The van der Waals surface area contributed by atoms with E-state index in [-0.39, 0.29) is 18.5 Å². The molecule has 0 saturated carbocycles. The number of aliphatic carboxylic acids is 1. The molecule has 110 valence electrons. The van der Waals surface area contributed by atoms with E-state index in [0.29, 0.717) is 13.1 Å². The summed E-state index contributed by atoms with van der Waals surface area (Å²) in [5, 5.41) is 8.79. The van der Waals surface area contributed by atoms with Crippen LogP contribution in [0.3, 0.4) is 0 Å².